The van der Waals surface area contributed by atoms with Gasteiger partial charge in [0.15, 0.2) is 0 Å². The van der Waals surface area contributed by atoms with Crippen molar-refractivity contribution < 1.29 is 4.74 Å². The lowest BCUT2D eigenvalue weighted by Gasteiger charge is -2.20. The highest BCUT2D eigenvalue weighted by atomic mass is 16.5. The summed E-state index contributed by atoms with van der Waals surface area (Å²) >= 11 is 0. The first-order chi connectivity index (χ1) is 5.99. The Kier molecular flexibility index (Phi) is 3.74. The molecule has 2 nitrogen and oxygen atoms in total. The first-order valence-electron chi connectivity index (χ1n) is 5.36. The third-order valence-electron chi connectivity index (χ3n) is 2.43. The van der Waals surface area contributed by atoms with Gasteiger partial charge < -0.3 is 10.1 Å². The molecule has 0 bridgehead atoms. The summed E-state index contributed by atoms with van der Waals surface area (Å²) in [6.07, 6.45) is 2.82. The summed E-state index contributed by atoms with van der Waals surface area (Å²) in [5.74, 6) is 0.939. The Bertz CT molecular complexity index is 147. The fourth-order valence-electron chi connectivity index (χ4n) is 1.41. The van der Waals surface area contributed by atoms with Gasteiger partial charge in [0, 0.05) is 12.6 Å². The second-order valence-corrected chi connectivity index (χ2v) is 5.04. The smallest absolute Gasteiger partial charge is 0.0599 e. The van der Waals surface area contributed by atoms with Crippen LogP contribution in [0.15, 0.2) is 0 Å². The minimum atomic E-state index is 0.00446. The minimum Gasteiger partial charge on any atom is -0.375 e. The number of nitrogens with one attached hydrogen (secondary N) is 1. The Hall–Kier alpha value is -0.0800. The van der Waals surface area contributed by atoms with E-state index < -0.39 is 0 Å². The highest BCUT2D eigenvalue weighted by molar-refractivity contribution is 4.82. The standard InChI is InChI=1S/C11H23NO/c1-9(10-5-6-10)12-7-8-13-11(2,3)4/h9-10,12H,5-8H2,1-4H3. The Morgan fingerprint density at radius 3 is 2.46 bits per heavy atom. The molecule has 1 atom stereocenters. The molecule has 0 aromatic rings. The van der Waals surface area contributed by atoms with E-state index in [2.05, 4.69) is 33.0 Å². The van der Waals surface area contributed by atoms with Crippen LogP contribution in [0.3, 0.4) is 0 Å². The molecule has 0 aromatic carbocycles. The maximum absolute atomic E-state index is 5.62. The average Bonchev–Trinajstić information content (AvgIpc) is 2.77. The predicted molar refractivity (Wildman–Crippen MR) is 55.9 cm³/mol. The van der Waals surface area contributed by atoms with E-state index in [9.17, 15) is 0 Å². The van der Waals surface area contributed by atoms with Gasteiger partial charge in [-0.3, -0.25) is 0 Å². The van der Waals surface area contributed by atoms with Crippen molar-refractivity contribution >= 4 is 0 Å². The number of hydrogen-bond donors (Lipinski definition) is 1. The van der Waals surface area contributed by atoms with Crippen LogP contribution in [0.5, 0.6) is 0 Å². The van der Waals surface area contributed by atoms with Gasteiger partial charge in [0.2, 0.25) is 0 Å². The molecular weight excluding hydrogens is 162 g/mol. The molecule has 0 aliphatic heterocycles. The van der Waals surface area contributed by atoms with Crippen LogP contribution in [0.1, 0.15) is 40.5 Å². The van der Waals surface area contributed by atoms with Gasteiger partial charge in [-0.05, 0) is 46.5 Å². The highest BCUT2D eigenvalue weighted by Crippen LogP contribution is 2.32. The minimum absolute atomic E-state index is 0.00446. The summed E-state index contributed by atoms with van der Waals surface area (Å²) in [5, 5.41) is 3.49. The molecule has 0 amide bonds. The largest absolute Gasteiger partial charge is 0.375 e. The zero-order valence-corrected chi connectivity index (χ0v) is 9.39. The Morgan fingerprint density at radius 1 is 1.38 bits per heavy atom. The number of ether oxygens (including phenoxy) is 1. The fourth-order valence-corrected chi connectivity index (χ4v) is 1.41. The van der Waals surface area contributed by atoms with Crippen LogP contribution >= 0.6 is 0 Å². The lowest BCUT2D eigenvalue weighted by molar-refractivity contribution is -0.00165. The molecule has 1 saturated carbocycles. The Morgan fingerprint density at radius 2 is 2.00 bits per heavy atom. The van der Waals surface area contributed by atoms with Gasteiger partial charge in [0.1, 0.15) is 0 Å². The van der Waals surface area contributed by atoms with Crippen LogP contribution in [0.4, 0.5) is 0 Å². The third-order valence-corrected chi connectivity index (χ3v) is 2.43. The molecule has 0 aromatic heterocycles. The van der Waals surface area contributed by atoms with Crippen LogP contribution in [-0.4, -0.2) is 24.8 Å². The molecular formula is C11H23NO. The van der Waals surface area contributed by atoms with Gasteiger partial charge >= 0.3 is 0 Å². The maximum atomic E-state index is 5.62. The van der Waals surface area contributed by atoms with Crippen molar-refractivity contribution in [2.75, 3.05) is 13.2 Å². The maximum Gasteiger partial charge on any atom is 0.0599 e. The summed E-state index contributed by atoms with van der Waals surface area (Å²) in [7, 11) is 0. The van der Waals surface area contributed by atoms with Crippen LogP contribution in [-0.2, 0) is 4.74 Å². The van der Waals surface area contributed by atoms with Crippen LogP contribution < -0.4 is 5.32 Å². The lowest BCUT2D eigenvalue weighted by atomic mass is 10.2. The van der Waals surface area contributed by atoms with Crippen molar-refractivity contribution in [3.8, 4) is 0 Å². The van der Waals surface area contributed by atoms with E-state index in [4.69, 9.17) is 4.74 Å². The summed E-state index contributed by atoms with van der Waals surface area (Å²) in [5.41, 5.74) is 0.00446. The van der Waals surface area contributed by atoms with E-state index in [-0.39, 0.29) is 5.60 Å². The van der Waals surface area contributed by atoms with Gasteiger partial charge in [-0.1, -0.05) is 0 Å². The first-order valence-corrected chi connectivity index (χ1v) is 5.36. The molecule has 0 heterocycles. The number of hydrogen-bond acceptors (Lipinski definition) is 2. The lowest BCUT2D eigenvalue weighted by Crippen LogP contribution is -2.33. The van der Waals surface area contributed by atoms with E-state index >= 15 is 0 Å². The molecule has 1 unspecified atom stereocenters. The zero-order chi connectivity index (χ0) is 9.90. The van der Waals surface area contributed by atoms with E-state index in [0.29, 0.717) is 6.04 Å². The monoisotopic (exact) mass is 185 g/mol. The first kappa shape index (κ1) is 11.0. The van der Waals surface area contributed by atoms with Crippen molar-refractivity contribution in [3.05, 3.63) is 0 Å². The molecule has 78 valence electrons. The Labute approximate surface area is 82.0 Å². The molecule has 0 radical (unpaired) electrons. The van der Waals surface area contributed by atoms with Gasteiger partial charge in [-0.15, -0.1) is 0 Å². The second kappa shape index (κ2) is 4.43. The van der Waals surface area contributed by atoms with Crippen molar-refractivity contribution in [2.24, 2.45) is 5.92 Å². The molecule has 0 spiro atoms. The molecule has 2 heteroatoms. The molecule has 1 rings (SSSR count). The van der Waals surface area contributed by atoms with Crippen LogP contribution in [0, 0.1) is 5.92 Å². The van der Waals surface area contributed by atoms with E-state index in [0.717, 1.165) is 19.1 Å². The molecule has 1 aliphatic carbocycles. The van der Waals surface area contributed by atoms with Gasteiger partial charge in [-0.2, -0.15) is 0 Å². The van der Waals surface area contributed by atoms with E-state index in [1.807, 2.05) is 0 Å². The van der Waals surface area contributed by atoms with Crippen molar-refractivity contribution in [2.45, 2.75) is 52.2 Å². The molecule has 0 saturated heterocycles. The molecule has 13 heavy (non-hydrogen) atoms. The van der Waals surface area contributed by atoms with Gasteiger partial charge in [-0.25, -0.2) is 0 Å². The molecule has 1 fully saturated rings. The quantitative estimate of drug-likeness (QED) is 0.663. The van der Waals surface area contributed by atoms with Crippen LogP contribution in [0.25, 0.3) is 0 Å². The second-order valence-electron chi connectivity index (χ2n) is 5.04. The summed E-state index contributed by atoms with van der Waals surface area (Å²) in [6, 6.07) is 0.684. The average molecular weight is 185 g/mol. The zero-order valence-electron chi connectivity index (χ0n) is 9.39. The van der Waals surface area contributed by atoms with E-state index in [1.165, 1.54) is 12.8 Å². The number of rotatable bonds is 5. The summed E-state index contributed by atoms with van der Waals surface area (Å²) < 4.78 is 5.62. The van der Waals surface area contributed by atoms with Crippen LogP contribution in [0.2, 0.25) is 0 Å². The molecule has 1 aliphatic rings. The third kappa shape index (κ3) is 5.27. The fraction of sp³-hybridized carbons (Fsp3) is 1.00. The topological polar surface area (TPSA) is 21.3 Å². The van der Waals surface area contributed by atoms with E-state index in [1.54, 1.807) is 0 Å². The van der Waals surface area contributed by atoms with Gasteiger partial charge in [0.05, 0.1) is 12.2 Å². The summed E-state index contributed by atoms with van der Waals surface area (Å²) in [6.45, 7) is 10.4. The SMILES string of the molecule is CC(NCCOC(C)(C)C)C1CC1. The normalized spacial score (nSPS) is 20.3. The predicted octanol–water partition coefficient (Wildman–Crippen LogP) is 2.19. The van der Waals surface area contributed by atoms with Crippen molar-refractivity contribution in [3.63, 3.8) is 0 Å². The highest BCUT2D eigenvalue weighted by Gasteiger charge is 2.27. The summed E-state index contributed by atoms with van der Waals surface area (Å²) in [4.78, 5) is 0. The van der Waals surface area contributed by atoms with Crippen molar-refractivity contribution in [1.82, 2.24) is 5.32 Å². The van der Waals surface area contributed by atoms with Crippen molar-refractivity contribution in [1.29, 1.82) is 0 Å². The Balaban J connectivity index is 1.94. The van der Waals surface area contributed by atoms with Gasteiger partial charge in [0.25, 0.3) is 0 Å². The molecule has 1 N–H and O–H groups in total.